The van der Waals surface area contributed by atoms with E-state index in [0.29, 0.717) is 24.8 Å². The highest BCUT2D eigenvalue weighted by molar-refractivity contribution is 5.95. The van der Waals surface area contributed by atoms with Crippen LogP contribution in [0.25, 0.3) is 10.9 Å². The number of nitrogens with one attached hydrogen (secondary N) is 1. The molecule has 0 aliphatic rings. The predicted molar refractivity (Wildman–Crippen MR) is 80.0 cm³/mol. The van der Waals surface area contributed by atoms with Crippen molar-refractivity contribution in [1.82, 2.24) is 9.78 Å². The van der Waals surface area contributed by atoms with Crippen LogP contribution in [0.3, 0.4) is 0 Å². The van der Waals surface area contributed by atoms with E-state index in [-0.39, 0.29) is 5.91 Å². The number of carbonyl (C=O) groups excluding carboxylic acids is 1. The zero-order chi connectivity index (χ0) is 14.7. The number of nitrogens with zero attached hydrogens (tertiary/aromatic N) is 2. The van der Waals surface area contributed by atoms with Crippen molar-refractivity contribution in [3.05, 3.63) is 18.2 Å². The van der Waals surface area contributed by atoms with Crippen LogP contribution in [0.2, 0.25) is 0 Å². The molecule has 1 amide bonds. The first-order chi connectivity index (χ1) is 9.51. The highest BCUT2D eigenvalue weighted by atomic mass is 16.5. The van der Waals surface area contributed by atoms with Gasteiger partial charge in [-0.05, 0) is 31.0 Å². The molecule has 0 aliphatic heterocycles. The van der Waals surface area contributed by atoms with Gasteiger partial charge in [0.25, 0.3) is 0 Å². The van der Waals surface area contributed by atoms with Crippen LogP contribution in [0, 0.1) is 5.92 Å². The van der Waals surface area contributed by atoms with E-state index in [2.05, 4.69) is 10.4 Å². The van der Waals surface area contributed by atoms with E-state index < -0.39 is 0 Å². The smallest absolute Gasteiger partial charge is 0.240 e. The van der Waals surface area contributed by atoms with Gasteiger partial charge >= 0.3 is 0 Å². The third-order valence-electron chi connectivity index (χ3n) is 2.97. The molecular formula is C15H21N3O2. The van der Waals surface area contributed by atoms with Gasteiger partial charge in [-0.25, -0.2) is 0 Å². The maximum absolute atomic E-state index is 11.8. The first-order valence-corrected chi connectivity index (χ1v) is 6.90. The average molecular weight is 275 g/mol. The van der Waals surface area contributed by atoms with E-state index in [1.54, 1.807) is 4.68 Å². The van der Waals surface area contributed by atoms with Crippen LogP contribution in [0.4, 0.5) is 5.69 Å². The number of benzene rings is 1. The van der Waals surface area contributed by atoms with E-state index in [1.165, 1.54) is 0 Å². The number of ether oxygens (including phenoxy) is 1. The van der Waals surface area contributed by atoms with Gasteiger partial charge in [0.05, 0.1) is 17.5 Å². The summed E-state index contributed by atoms with van der Waals surface area (Å²) in [6, 6.07) is 5.74. The molecule has 2 aromatic rings. The number of aromatic nitrogens is 2. The van der Waals surface area contributed by atoms with E-state index in [1.807, 2.05) is 46.0 Å². The van der Waals surface area contributed by atoms with Crippen LogP contribution in [-0.4, -0.2) is 22.3 Å². The van der Waals surface area contributed by atoms with Gasteiger partial charge < -0.3 is 10.1 Å². The number of amides is 1. The van der Waals surface area contributed by atoms with Gasteiger partial charge in [0.15, 0.2) is 0 Å². The minimum Gasteiger partial charge on any atom is -0.476 e. The van der Waals surface area contributed by atoms with Gasteiger partial charge in [-0.3, -0.25) is 9.48 Å². The summed E-state index contributed by atoms with van der Waals surface area (Å²) in [5.74, 6) is 0.974. The standard InChI is InChI=1S/C15H21N3O2/c1-5-20-15-12-9-11(16-14(19)8-10(2)3)6-7-13(12)18(4)17-15/h6-7,9-10H,5,8H2,1-4H3,(H,16,19). The monoisotopic (exact) mass is 275 g/mol. The molecule has 0 atom stereocenters. The first kappa shape index (κ1) is 14.4. The summed E-state index contributed by atoms with van der Waals surface area (Å²) < 4.78 is 7.30. The molecule has 5 heteroatoms. The van der Waals surface area contributed by atoms with Gasteiger partial charge in [0.2, 0.25) is 11.8 Å². The normalized spacial score (nSPS) is 11.1. The van der Waals surface area contributed by atoms with Crippen molar-refractivity contribution >= 4 is 22.5 Å². The number of fused-ring (bicyclic) bond motifs is 1. The molecular weight excluding hydrogens is 254 g/mol. The molecule has 0 aliphatic carbocycles. The Balaban J connectivity index is 2.28. The molecule has 0 unspecified atom stereocenters. The zero-order valence-corrected chi connectivity index (χ0v) is 12.4. The van der Waals surface area contributed by atoms with Crippen molar-refractivity contribution in [3.63, 3.8) is 0 Å². The second-order valence-electron chi connectivity index (χ2n) is 5.24. The van der Waals surface area contributed by atoms with Crippen molar-refractivity contribution in [2.45, 2.75) is 27.2 Å². The third kappa shape index (κ3) is 3.10. The molecule has 1 aromatic heterocycles. The first-order valence-electron chi connectivity index (χ1n) is 6.90. The Morgan fingerprint density at radius 1 is 1.45 bits per heavy atom. The second-order valence-corrected chi connectivity index (χ2v) is 5.24. The molecule has 0 bridgehead atoms. The average Bonchev–Trinajstić information content (AvgIpc) is 2.65. The Hall–Kier alpha value is -2.04. The van der Waals surface area contributed by atoms with Gasteiger partial charge in [0, 0.05) is 19.2 Å². The largest absolute Gasteiger partial charge is 0.476 e. The van der Waals surface area contributed by atoms with Crippen LogP contribution >= 0.6 is 0 Å². The molecule has 1 heterocycles. The molecule has 0 saturated carbocycles. The Morgan fingerprint density at radius 3 is 2.85 bits per heavy atom. The molecule has 5 nitrogen and oxygen atoms in total. The second kappa shape index (κ2) is 5.94. The number of hydrogen-bond acceptors (Lipinski definition) is 3. The molecule has 1 N–H and O–H groups in total. The van der Waals surface area contributed by atoms with Crippen molar-refractivity contribution in [1.29, 1.82) is 0 Å². The van der Waals surface area contributed by atoms with E-state index in [0.717, 1.165) is 16.6 Å². The maximum atomic E-state index is 11.8. The van der Waals surface area contributed by atoms with Gasteiger partial charge in [-0.1, -0.05) is 13.8 Å². The maximum Gasteiger partial charge on any atom is 0.240 e. The summed E-state index contributed by atoms with van der Waals surface area (Å²) >= 11 is 0. The molecule has 108 valence electrons. The number of rotatable bonds is 5. The molecule has 0 spiro atoms. The highest BCUT2D eigenvalue weighted by Gasteiger charge is 2.11. The van der Waals surface area contributed by atoms with Crippen molar-refractivity contribution < 1.29 is 9.53 Å². The lowest BCUT2D eigenvalue weighted by atomic mass is 10.1. The van der Waals surface area contributed by atoms with Crippen LogP contribution in [0.5, 0.6) is 5.88 Å². The fraction of sp³-hybridized carbons (Fsp3) is 0.467. The fourth-order valence-electron chi connectivity index (χ4n) is 2.14. The van der Waals surface area contributed by atoms with Gasteiger partial charge in [-0.2, -0.15) is 0 Å². The number of carbonyl (C=O) groups is 1. The van der Waals surface area contributed by atoms with Crippen LogP contribution in [-0.2, 0) is 11.8 Å². The van der Waals surface area contributed by atoms with E-state index >= 15 is 0 Å². The highest BCUT2D eigenvalue weighted by Crippen LogP contribution is 2.27. The van der Waals surface area contributed by atoms with E-state index in [9.17, 15) is 4.79 Å². The molecule has 0 radical (unpaired) electrons. The van der Waals surface area contributed by atoms with Gasteiger partial charge in [-0.15, -0.1) is 5.10 Å². The lowest BCUT2D eigenvalue weighted by molar-refractivity contribution is -0.116. The molecule has 0 saturated heterocycles. The summed E-state index contributed by atoms with van der Waals surface area (Å²) in [5.41, 5.74) is 1.76. The Labute approximate surface area is 118 Å². The summed E-state index contributed by atoms with van der Waals surface area (Å²) in [6.45, 7) is 6.54. The third-order valence-corrected chi connectivity index (χ3v) is 2.97. The van der Waals surface area contributed by atoms with Crippen LogP contribution < -0.4 is 10.1 Å². The van der Waals surface area contributed by atoms with Crippen molar-refractivity contribution in [2.75, 3.05) is 11.9 Å². The minimum absolute atomic E-state index is 0.0289. The Morgan fingerprint density at radius 2 is 2.20 bits per heavy atom. The summed E-state index contributed by atoms with van der Waals surface area (Å²) in [7, 11) is 1.88. The lowest BCUT2D eigenvalue weighted by Gasteiger charge is -2.07. The zero-order valence-electron chi connectivity index (χ0n) is 12.4. The topological polar surface area (TPSA) is 56.1 Å². The molecule has 1 aromatic carbocycles. The quantitative estimate of drug-likeness (QED) is 0.912. The Bertz CT molecular complexity index is 617. The molecule has 20 heavy (non-hydrogen) atoms. The van der Waals surface area contributed by atoms with E-state index in [4.69, 9.17) is 4.74 Å². The number of anilines is 1. The summed E-state index contributed by atoms with van der Waals surface area (Å²) in [4.78, 5) is 11.8. The molecule has 2 rings (SSSR count). The van der Waals surface area contributed by atoms with Crippen molar-refractivity contribution in [3.8, 4) is 5.88 Å². The summed E-state index contributed by atoms with van der Waals surface area (Å²) in [5, 5.41) is 8.16. The summed E-state index contributed by atoms with van der Waals surface area (Å²) in [6.07, 6.45) is 0.517. The number of hydrogen-bond donors (Lipinski definition) is 1. The Kier molecular flexibility index (Phi) is 4.27. The SMILES string of the molecule is CCOc1nn(C)c2ccc(NC(=O)CC(C)C)cc12. The lowest BCUT2D eigenvalue weighted by Crippen LogP contribution is -2.13. The predicted octanol–water partition coefficient (Wildman–Crippen LogP) is 2.96. The fourth-order valence-corrected chi connectivity index (χ4v) is 2.14. The van der Waals surface area contributed by atoms with Gasteiger partial charge in [0.1, 0.15) is 0 Å². The molecule has 0 fully saturated rings. The van der Waals surface area contributed by atoms with Crippen LogP contribution in [0.1, 0.15) is 27.2 Å². The van der Waals surface area contributed by atoms with Crippen LogP contribution in [0.15, 0.2) is 18.2 Å². The number of aryl methyl sites for hydroxylation is 1. The van der Waals surface area contributed by atoms with Crippen molar-refractivity contribution in [2.24, 2.45) is 13.0 Å². The minimum atomic E-state index is 0.0289.